The molecule has 0 bridgehead atoms. The number of carbonyl (C=O) groups is 2. The molecule has 43 heavy (non-hydrogen) atoms. The van der Waals surface area contributed by atoms with E-state index in [4.69, 9.17) is 14.2 Å². The van der Waals surface area contributed by atoms with Gasteiger partial charge in [0.05, 0.1) is 25.3 Å². The van der Waals surface area contributed by atoms with Gasteiger partial charge in [-0.1, -0.05) is 48.6 Å². The highest BCUT2D eigenvalue weighted by atomic mass is 19.2. The summed E-state index contributed by atoms with van der Waals surface area (Å²) >= 11 is 0. The van der Waals surface area contributed by atoms with E-state index >= 15 is 0 Å². The Bertz CT molecular complexity index is 1560. The van der Waals surface area contributed by atoms with E-state index in [2.05, 4.69) is 0 Å². The molecule has 1 heterocycles. The first-order valence-electron chi connectivity index (χ1n) is 14.3. The van der Waals surface area contributed by atoms with Crippen molar-refractivity contribution >= 4 is 35.0 Å². The minimum absolute atomic E-state index is 0.0950. The first-order chi connectivity index (χ1) is 20.9. The summed E-state index contributed by atoms with van der Waals surface area (Å²) in [5.74, 6) is -2.47. The lowest BCUT2D eigenvalue weighted by molar-refractivity contribution is -0.143. The maximum atomic E-state index is 13.6. The SMILES string of the molecule is CCOC(=O)CCCc1cn(CC(=O)O)c2c(C=Cc3ccc(OCCCCOc4cccc(F)c4F)cc3)cccc12. The number of halogens is 2. The van der Waals surface area contributed by atoms with Gasteiger partial charge in [0.15, 0.2) is 11.6 Å². The number of carboxylic acid groups (broad SMARTS) is 1. The quantitative estimate of drug-likeness (QED) is 0.0836. The number of hydrogen-bond acceptors (Lipinski definition) is 5. The minimum Gasteiger partial charge on any atom is -0.494 e. The van der Waals surface area contributed by atoms with Crippen LogP contribution in [0.1, 0.15) is 49.3 Å². The molecule has 9 heteroatoms. The minimum atomic E-state index is -0.980. The molecule has 4 rings (SSSR count). The van der Waals surface area contributed by atoms with Gasteiger partial charge in [0.1, 0.15) is 12.3 Å². The second kappa shape index (κ2) is 15.5. The average molecular weight is 592 g/mol. The van der Waals surface area contributed by atoms with Crippen molar-refractivity contribution in [3.8, 4) is 11.5 Å². The van der Waals surface area contributed by atoms with Crippen LogP contribution in [0.2, 0.25) is 0 Å². The topological polar surface area (TPSA) is 87.0 Å². The van der Waals surface area contributed by atoms with Crippen LogP contribution in [0.4, 0.5) is 8.78 Å². The number of nitrogens with zero attached hydrogens (tertiary/aromatic N) is 1. The molecule has 0 radical (unpaired) electrons. The van der Waals surface area contributed by atoms with E-state index in [1.807, 2.05) is 60.8 Å². The maximum absolute atomic E-state index is 13.6. The molecule has 0 saturated carbocycles. The molecule has 0 spiro atoms. The van der Waals surface area contributed by atoms with Gasteiger partial charge in [-0.2, -0.15) is 4.39 Å². The van der Waals surface area contributed by atoms with Crippen LogP contribution in [0, 0.1) is 11.6 Å². The standard InChI is InChI=1S/C34H35F2NO6/c1-2-41-32(40)13-6-9-26-22-37(23-31(38)39)34-25(8-5-10-28(26)34)17-14-24-15-18-27(19-16-24)42-20-3-4-21-43-30-12-7-11-29(35)33(30)36/h5,7-8,10-12,14-19,22H,2-4,6,9,13,20-21,23H2,1H3,(H,38,39). The molecular formula is C34H35F2NO6. The number of fused-ring (bicyclic) bond motifs is 1. The van der Waals surface area contributed by atoms with Crippen LogP contribution < -0.4 is 9.47 Å². The van der Waals surface area contributed by atoms with Gasteiger partial charge < -0.3 is 23.9 Å². The maximum Gasteiger partial charge on any atom is 0.323 e. The van der Waals surface area contributed by atoms with E-state index in [9.17, 15) is 23.5 Å². The number of benzene rings is 3. The van der Waals surface area contributed by atoms with Crippen molar-refractivity contribution in [3.63, 3.8) is 0 Å². The number of aromatic nitrogens is 1. The monoisotopic (exact) mass is 591 g/mol. The second-order valence-corrected chi connectivity index (χ2v) is 9.94. The summed E-state index contributed by atoms with van der Waals surface area (Å²) in [6, 6.07) is 17.3. The van der Waals surface area contributed by atoms with Gasteiger partial charge in [-0.15, -0.1) is 0 Å². The molecule has 0 fully saturated rings. The van der Waals surface area contributed by atoms with Gasteiger partial charge in [0, 0.05) is 18.0 Å². The molecule has 0 saturated heterocycles. The van der Waals surface area contributed by atoms with Gasteiger partial charge in [0.25, 0.3) is 0 Å². The predicted octanol–water partition coefficient (Wildman–Crippen LogP) is 7.30. The fraction of sp³-hybridized carbons (Fsp3) is 0.294. The summed E-state index contributed by atoms with van der Waals surface area (Å²) in [5.41, 5.74) is 3.65. The molecule has 226 valence electrons. The van der Waals surface area contributed by atoms with E-state index in [1.165, 1.54) is 12.1 Å². The lowest BCUT2D eigenvalue weighted by Gasteiger charge is -2.09. The summed E-state index contributed by atoms with van der Waals surface area (Å²) in [5, 5.41) is 10.5. The Morgan fingerprint density at radius 3 is 2.40 bits per heavy atom. The Morgan fingerprint density at radius 2 is 1.65 bits per heavy atom. The Morgan fingerprint density at radius 1 is 0.907 bits per heavy atom. The molecule has 0 amide bonds. The van der Waals surface area contributed by atoms with Crippen molar-refractivity contribution in [2.45, 2.75) is 45.6 Å². The molecule has 0 aliphatic heterocycles. The van der Waals surface area contributed by atoms with Crippen molar-refractivity contribution in [1.29, 1.82) is 0 Å². The van der Waals surface area contributed by atoms with E-state index in [0.29, 0.717) is 51.1 Å². The number of rotatable bonds is 16. The molecule has 0 atom stereocenters. The molecule has 0 aliphatic carbocycles. The number of aliphatic carboxylic acids is 1. The lowest BCUT2D eigenvalue weighted by Crippen LogP contribution is -2.08. The molecular weight excluding hydrogens is 556 g/mol. The highest BCUT2D eigenvalue weighted by Gasteiger charge is 2.14. The van der Waals surface area contributed by atoms with Crippen LogP contribution in [0.5, 0.6) is 11.5 Å². The summed E-state index contributed by atoms with van der Waals surface area (Å²) < 4.78 is 44.7. The molecule has 3 aromatic carbocycles. The van der Waals surface area contributed by atoms with Crippen LogP contribution in [-0.2, 0) is 27.3 Å². The predicted molar refractivity (Wildman–Crippen MR) is 161 cm³/mol. The Kier molecular flexibility index (Phi) is 11.3. The van der Waals surface area contributed by atoms with E-state index in [0.717, 1.165) is 33.7 Å². The summed E-state index contributed by atoms with van der Waals surface area (Å²) in [4.78, 5) is 23.3. The van der Waals surface area contributed by atoms with Crippen LogP contribution in [0.25, 0.3) is 23.1 Å². The number of para-hydroxylation sites is 1. The first-order valence-corrected chi connectivity index (χ1v) is 14.3. The van der Waals surface area contributed by atoms with Crippen LogP contribution in [-0.4, -0.2) is 41.4 Å². The van der Waals surface area contributed by atoms with Crippen molar-refractivity contribution in [2.75, 3.05) is 19.8 Å². The molecule has 4 aromatic rings. The van der Waals surface area contributed by atoms with Crippen molar-refractivity contribution in [1.82, 2.24) is 4.57 Å². The van der Waals surface area contributed by atoms with Gasteiger partial charge in [-0.05, 0) is 73.6 Å². The normalized spacial score (nSPS) is 11.2. The van der Waals surface area contributed by atoms with Gasteiger partial charge in [0.2, 0.25) is 5.82 Å². The fourth-order valence-corrected chi connectivity index (χ4v) is 4.76. The molecule has 7 nitrogen and oxygen atoms in total. The number of carboxylic acids is 1. The van der Waals surface area contributed by atoms with Gasteiger partial charge in [-0.3, -0.25) is 9.59 Å². The Labute approximate surface area is 249 Å². The molecule has 0 unspecified atom stereocenters. The molecule has 1 N–H and O–H groups in total. The van der Waals surface area contributed by atoms with Crippen LogP contribution in [0.3, 0.4) is 0 Å². The highest BCUT2D eigenvalue weighted by Crippen LogP contribution is 2.28. The molecule has 1 aromatic heterocycles. The number of aryl methyl sites for hydroxylation is 1. The average Bonchev–Trinajstić information content (AvgIpc) is 3.33. The zero-order valence-corrected chi connectivity index (χ0v) is 24.1. The Hall–Kier alpha value is -4.66. The smallest absolute Gasteiger partial charge is 0.323 e. The van der Waals surface area contributed by atoms with Crippen molar-refractivity contribution in [3.05, 3.63) is 95.2 Å². The van der Waals surface area contributed by atoms with E-state index < -0.39 is 17.6 Å². The third-order valence-electron chi connectivity index (χ3n) is 6.77. The second-order valence-electron chi connectivity index (χ2n) is 9.94. The van der Waals surface area contributed by atoms with E-state index in [-0.39, 0.29) is 24.9 Å². The Balaban J connectivity index is 1.34. The van der Waals surface area contributed by atoms with Gasteiger partial charge in [-0.25, -0.2) is 4.39 Å². The third kappa shape index (κ3) is 8.91. The third-order valence-corrected chi connectivity index (χ3v) is 6.77. The molecule has 0 aliphatic rings. The summed E-state index contributed by atoms with van der Waals surface area (Å²) in [7, 11) is 0. The summed E-state index contributed by atoms with van der Waals surface area (Å²) in [6.07, 6.45) is 8.64. The zero-order chi connectivity index (χ0) is 30.6. The van der Waals surface area contributed by atoms with Crippen molar-refractivity contribution in [2.24, 2.45) is 0 Å². The number of ether oxygens (including phenoxy) is 3. The van der Waals surface area contributed by atoms with Crippen LogP contribution >= 0.6 is 0 Å². The van der Waals surface area contributed by atoms with Crippen molar-refractivity contribution < 1.29 is 37.7 Å². The number of hydrogen-bond donors (Lipinski definition) is 1. The van der Waals surface area contributed by atoms with Gasteiger partial charge >= 0.3 is 11.9 Å². The first kappa shape index (κ1) is 31.3. The lowest BCUT2D eigenvalue weighted by atomic mass is 10.0. The number of carbonyl (C=O) groups excluding carboxylic acids is 1. The van der Waals surface area contributed by atoms with E-state index in [1.54, 1.807) is 11.5 Å². The fourth-order valence-electron chi connectivity index (χ4n) is 4.76. The number of esters is 1. The van der Waals surface area contributed by atoms with Crippen LogP contribution in [0.15, 0.2) is 66.9 Å². The zero-order valence-electron chi connectivity index (χ0n) is 24.1. The number of unbranched alkanes of at least 4 members (excludes halogenated alkanes) is 1. The summed E-state index contributed by atoms with van der Waals surface area (Å²) in [6.45, 7) is 2.67. The largest absolute Gasteiger partial charge is 0.494 e. The highest BCUT2D eigenvalue weighted by molar-refractivity contribution is 5.94.